The maximum absolute atomic E-state index is 10.9. The molecular weight excluding hydrogens is 252 g/mol. The molecule has 1 rings (SSSR count). The quantitative estimate of drug-likeness (QED) is 0.755. The first-order valence-electron chi connectivity index (χ1n) is 7.11. The van der Waals surface area contributed by atoms with Crippen LogP contribution in [-0.4, -0.2) is 17.7 Å². The number of aliphatic carboxylic acids is 1. The van der Waals surface area contributed by atoms with Crippen molar-refractivity contribution < 1.29 is 14.6 Å². The lowest BCUT2D eigenvalue weighted by Crippen LogP contribution is -2.05. The average molecular weight is 276 g/mol. The number of carboxylic acids is 1. The van der Waals surface area contributed by atoms with E-state index in [-0.39, 0.29) is 0 Å². The molecule has 1 aromatic rings. The minimum Gasteiger partial charge on any atom is -0.493 e. The Morgan fingerprint density at radius 1 is 1.40 bits per heavy atom. The molecule has 0 heterocycles. The highest BCUT2D eigenvalue weighted by atomic mass is 16.5. The molecule has 0 amide bonds. The van der Waals surface area contributed by atoms with E-state index < -0.39 is 5.97 Å². The van der Waals surface area contributed by atoms with Gasteiger partial charge in [0, 0.05) is 6.08 Å². The Bertz CT molecular complexity index is 487. The zero-order valence-corrected chi connectivity index (χ0v) is 12.8. The third-order valence-corrected chi connectivity index (χ3v) is 2.94. The number of carboxylic acid groups (broad SMARTS) is 1. The second-order valence-electron chi connectivity index (χ2n) is 5.44. The van der Waals surface area contributed by atoms with Gasteiger partial charge < -0.3 is 9.84 Å². The summed E-state index contributed by atoms with van der Waals surface area (Å²) in [6, 6.07) is 5.84. The summed E-state index contributed by atoms with van der Waals surface area (Å²) >= 11 is 0. The summed E-state index contributed by atoms with van der Waals surface area (Å²) in [6.45, 7) is 8.94. The van der Waals surface area contributed by atoms with Crippen molar-refractivity contribution in [1.29, 1.82) is 0 Å². The third-order valence-electron chi connectivity index (χ3n) is 2.94. The fourth-order valence-electron chi connectivity index (χ4n) is 2.05. The number of hydrogen-bond donors (Lipinski definition) is 1. The Balaban J connectivity index is 2.98. The maximum Gasteiger partial charge on any atom is 0.328 e. The second-order valence-corrected chi connectivity index (χ2v) is 5.44. The van der Waals surface area contributed by atoms with E-state index in [9.17, 15) is 4.79 Å². The largest absolute Gasteiger partial charge is 0.493 e. The van der Waals surface area contributed by atoms with Gasteiger partial charge in [-0.1, -0.05) is 33.3 Å². The predicted molar refractivity (Wildman–Crippen MR) is 82.0 cm³/mol. The van der Waals surface area contributed by atoms with Crippen LogP contribution in [0.5, 0.6) is 5.75 Å². The molecule has 0 unspecified atom stereocenters. The van der Waals surface area contributed by atoms with E-state index in [0.717, 1.165) is 35.3 Å². The van der Waals surface area contributed by atoms with Gasteiger partial charge in [-0.15, -0.1) is 0 Å². The lowest BCUT2D eigenvalue weighted by Gasteiger charge is -2.13. The number of allylic oxidation sites excluding steroid dienone is 1. The van der Waals surface area contributed by atoms with E-state index in [0.29, 0.717) is 12.5 Å². The summed E-state index contributed by atoms with van der Waals surface area (Å²) in [5.41, 5.74) is 2.91. The first-order valence-corrected chi connectivity index (χ1v) is 7.11. The van der Waals surface area contributed by atoms with Crippen LogP contribution in [0.3, 0.4) is 0 Å². The number of hydrogen-bond acceptors (Lipinski definition) is 2. The van der Waals surface area contributed by atoms with E-state index in [1.54, 1.807) is 0 Å². The standard InChI is InChI=1S/C17H24O3/c1-5-6-14(10-17(18)19)16-8-7-15(9-13(16)4)20-11-12(2)3/h7-10,12H,5-6,11H2,1-4H3,(H,18,19)/b14-10+. The van der Waals surface area contributed by atoms with Crippen LogP contribution >= 0.6 is 0 Å². The van der Waals surface area contributed by atoms with Crippen molar-refractivity contribution in [2.75, 3.05) is 6.61 Å². The Morgan fingerprint density at radius 2 is 2.10 bits per heavy atom. The molecule has 0 spiro atoms. The fraction of sp³-hybridized carbons (Fsp3) is 0.471. The molecule has 3 nitrogen and oxygen atoms in total. The Hall–Kier alpha value is -1.77. The topological polar surface area (TPSA) is 46.5 Å². The Morgan fingerprint density at radius 3 is 2.60 bits per heavy atom. The summed E-state index contributed by atoms with van der Waals surface area (Å²) < 4.78 is 5.69. The number of ether oxygens (including phenoxy) is 1. The zero-order chi connectivity index (χ0) is 15.1. The molecule has 0 saturated heterocycles. The van der Waals surface area contributed by atoms with Crippen molar-refractivity contribution in [1.82, 2.24) is 0 Å². The van der Waals surface area contributed by atoms with Gasteiger partial charge in [-0.3, -0.25) is 0 Å². The summed E-state index contributed by atoms with van der Waals surface area (Å²) in [5.74, 6) is 0.427. The predicted octanol–water partition coefficient (Wildman–Crippen LogP) is 4.30. The molecule has 0 aliphatic carbocycles. The lowest BCUT2D eigenvalue weighted by molar-refractivity contribution is -0.131. The van der Waals surface area contributed by atoms with Crippen molar-refractivity contribution in [3.63, 3.8) is 0 Å². The van der Waals surface area contributed by atoms with Crippen molar-refractivity contribution in [2.24, 2.45) is 5.92 Å². The molecule has 0 aliphatic heterocycles. The molecule has 3 heteroatoms. The van der Waals surface area contributed by atoms with Gasteiger partial charge in [0.15, 0.2) is 0 Å². The third kappa shape index (κ3) is 5.08. The van der Waals surface area contributed by atoms with Gasteiger partial charge in [0.25, 0.3) is 0 Å². The van der Waals surface area contributed by atoms with Gasteiger partial charge in [0.1, 0.15) is 5.75 Å². The van der Waals surface area contributed by atoms with Crippen LogP contribution in [-0.2, 0) is 4.79 Å². The summed E-state index contributed by atoms with van der Waals surface area (Å²) in [5, 5.41) is 8.96. The summed E-state index contributed by atoms with van der Waals surface area (Å²) in [4.78, 5) is 10.9. The highest BCUT2D eigenvalue weighted by molar-refractivity contribution is 5.90. The molecule has 0 fully saturated rings. The van der Waals surface area contributed by atoms with Crippen LogP contribution in [0, 0.1) is 12.8 Å². The van der Waals surface area contributed by atoms with E-state index in [4.69, 9.17) is 9.84 Å². The highest BCUT2D eigenvalue weighted by Gasteiger charge is 2.08. The molecule has 20 heavy (non-hydrogen) atoms. The van der Waals surface area contributed by atoms with Crippen LogP contribution in [0.2, 0.25) is 0 Å². The Kier molecular flexibility index (Phi) is 6.29. The minimum atomic E-state index is -0.895. The van der Waals surface area contributed by atoms with Gasteiger partial charge in [-0.05, 0) is 48.1 Å². The van der Waals surface area contributed by atoms with E-state index in [2.05, 4.69) is 13.8 Å². The normalized spacial score (nSPS) is 11.8. The van der Waals surface area contributed by atoms with Gasteiger partial charge in [-0.2, -0.15) is 0 Å². The SMILES string of the molecule is CCC/C(=C\C(=O)O)c1ccc(OCC(C)C)cc1C. The van der Waals surface area contributed by atoms with Crippen molar-refractivity contribution >= 4 is 11.5 Å². The van der Waals surface area contributed by atoms with Crippen molar-refractivity contribution in [3.8, 4) is 5.75 Å². The molecule has 0 bridgehead atoms. The zero-order valence-electron chi connectivity index (χ0n) is 12.8. The van der Waals surface area contributed by atoms with Crippen LogP contribution in [0.15, 0.2) is 24.3 Å². The van der Waals surface area contributed by atoms with Crippen LogP contribution in [0.4, 0.5) is 0 Å². The van der Waals surface area contributed by atoms with Gasteiger partial charge >= 0.3 is 5.97 Å². The lowest BCUT2D eigenvalue weighted by atomic mass is 9.96. The number of carbonyl (C=O) groups is 1. The number of rotatable bonds is 7. The van der Waals surface area contributed by atoms with Gasteiger partial charge in [0.05, 0.1) is 6.61 Å². The molecule has 0 saturated carbocycles. The number of aryl methyl sites for hydroxylation is 1. The molecular formula is C17H24O3. The number of benzene rings is 1. The molecule has 0 radical (unpaired) electrons. The van der Waals surface area contributed by atoms with Crippen LogP contribution < -0.4 is 4.74 Å². The van der Waals surface area contributed by atoms with Crippen LogP contribution in [0.1, 0.15) is 44.7 Å². The average Bonchev–Trinajstić information content (AvgIpc) is 2.35. The molecule has 110 valence electrons. The molecule has 0 atom stereocenters. The van der Waals surface area contributed by atoms with E-state index in [1.807, 2.05) is 32.0 Å². The van der Waals surface area contributed by atoms with Crippen LogP contribution in [0.25, 0.3) is 5.57 Å². The van der Waals surface area contributed by atoms with E-state index >= 15 is 0 Å². The molecule has 1 N–H and O–H groups in total. The minimum absolute atomic E-state index is 0.484. The summed E-state index contributed by atoms with van der Waals surface area (Å²) in [6.07, 6.45) is 2.99. The Labute approximate surface area is 121 Å². The first kappa shape index (κ1) is 16.3. The van der Waals surface area contributed by atoms with Crippen molar-refractivity contribution in [2.45, 2.75) is 40.5 Å². The fourth-order valence-corrected chi connectivity index (χ4v) is 2.05. The monoisotopic (exact) mass is 276 g/mol. The molecule has 0 aromatic heterocycles. The summed E-state index contributed by atoms with van der Waals surface area (Å²) in [7, 11) is 0. The van der Waals surface area contributed by atoms with Gasteiger partial charge in [-0.25, -0.2) is 4.79 Å². The smallest absolute Gasteiger partial charge is 0.328 e. The molecule has 1 aromatic carbocycles. The van der Waals surface area contributed by atoms with Gasteiger partial charge in [0.2, 0.25) is 0 Å². The second kappa shape index (κ2) is 7.73. The first-order chi connectivity index (χ1) is 9.43. The van der Waals surface area contributed by atoms with Crippen molar-refractivity contribution in [3.05, 3.63) is 35.4 Å². The highest BCUT2D eigenvalue weighted by Crippen LogP contribution is 2.26. The maximum atomic E-state index is 10.9. The van der Waals surface area contributed by atoms with E-state index in [1.165, 1.54) is 6.08 Å². The molecule has 0 aliphatic rings.